The summed E-state index contributed by atoms with van der Waals surface area (Å²) in [5.74, 6) is 0.399. The van der Waals surface area contributed by atoms with Crippen LogP contribution in [0.2, 0.25) is 0 Å². The van der Waals surface area contributed by atoms with Crippen molar-refractivity contribution in [2.45, 2.75) is 40.2 Å². The van der Waals surface area contributed by atoms with Crippen molar-refractivity contribution in [1.29, 1.82) is 0 Å². The first kappa shape index (κ1) is 20.5. The first-order valence-corrected chi connectivity index (χ1v) is 10.0. The number of carbonyl (C=O) groups excluding carboxylic acids is 1. The third-order valence-corrected chi connectivity index (χ3v) is 5.28. The molecule has 0 radical (unpaired) electrons. The lowest BCUT2D eigenvalue weighted by atomic mass is 9.97. The van der Waals surface area contributed by atoms with Gasteiger partial charge in [-0.1, -0.05) is 31.2 Å². The summed E-state index contributed by atoms with van der Waals surface area (Å²) < 4.78 is 7.01. The molecular weight excluding hydrogens is 354 g/mol. The van der Waals surface area contributed by atoms with Crippen molar-refractivity contribution in [2.24, 2.45) is 5.92 Å². The van der Waals surface area contributed by atoms with E-state index in [0.717, 1.165) is 50.5 Å². The quantitative estimate of drug-likeness (QED) is 0.755. The molecule has 0 saturated heterocycles. The number of nitrogens with zero attached hydrogens (tertiary/aromatic N) is 4. The van der Waals surface area contributed by atoms with Crippen LogP contribution in [-0.4, -0.2) is 59.2 Å². The van der Waals surface area contributed by atoms with Gasteiger partial charge >= 0.3 is 0 Å². The zero-order chi connectivity index (χ0) is 20.1. The third-order valence-electron chi connectivity index (χ3n) is 5.28. The minimum absolute atomic E-state index is 0.153. The van der Waals surface area contributed by atoms with E-state index in [-0.39, 0.29) is 5.91 Å². The van der Waals surface area contributed by atoms with Crippen molar-refractivity contribution in [1.82, 2.24) is 25.2 Å². The van der Waals surface area contributed by atoms with Gasteiger partial charge in [-0.3, -0.25) is 9.69 Å². The average Bonchev–Trinajstić information content (AvgIpc) is 3.06. The van der Waals surface area contributed by atoms with Gasteiger partial charge in [-0.05, 0) is 42.9 Å². The van der Waals surface area contributed by atoms with Gasteiger partial charge in [-0.15, -0.1) is 5.10 Å². The highest BCUT2D eigenvalue weighted by Gasteiger charge is 2.22. The number of carbonyl (C=O) groups is 1. The Morgan fingerprint density at radius 3 is 2.93 bits per heavy atom. The molecule has 2 heterocycles. The second-order valence-corrected chi connectivity index (χ2v) is 7.81. The zero-order valence-electron chi connectivity index (χ0n) is 17.4. The van der Waals surface area contributed by atoms with Crippen LogP contribution in [-0.2, 0) is 17.7 Å². The van der Waals surface area contributed by atoms with Crippen LogP contribution in [0.1, 0.15) is 47.6 Å². The molecule has 0 atom stereocenters. The summed E-state index contributed by atoms with van der Waals surface area (Å²) in [6, 6.07) is 6.28. The molecule has 0 saturated carbocycles. The predicted molar refractivity (Wildman–Crippen MR) is 109 cm³/mol. The topological polar surface area (TPSA) is 72.3 Å². The molecule has 2 aromatic rings. The normalized spacial score (nSPS) is 14.3. The molecular formula is C21H31N5O2. The Morgan fingerprint density at radius 2 is 2.18 bits per heavy atom. The molecule has 1 aliphatic heterocycles. The van der Waals surface area contributed by atoms with E-state index in [0.29, 0.717) is 18.2 Å². The van der Waals surface area contributed by atoms with E-state index in [4.69, 9.17) is 4.74 Å². The maximum atomic E-state index is 12.5. The molecule has 0 spiro atoms. The number of ether oxygens (including phenoxy) is 1. The van der Waals surface area contributed by atoms with Gasteiger partial charge in [0.25, 0.3) is 5.91 Å². The minimum atomic E-state index is -0.153. The second kappa shape index (κ2) is 9.30. The van der Waals surface area contributed by atoms with Gasteiger partial charge in [0.1, 0.15) is 0 Å². The summed E-state index contributed by atoms with van der Waals surface area (Å²) in [7, 11) is 1.74. The van der Waals surface area contributed by atoms with Crippen LogP contribution in [0.5, 0.6) is 0 Å². The van der Waals surface area contributed by atoms with E-state index in [9.17, 15) is 4.79 Å². The van der Waals surface area contributed by atoms with Gasteiger partial charge in [-0.2, -0.15) is 0 Å². The van der Waals surface area contributed by atoms with Gasteiger partial charge in [0.05, 0.1) is 18.0 Å². The van der Waals surface area contributed by atoms with Crippen molar-refractivity contribution in [2.75, 3.05) is 33.4 Å². The molecule has 28 heavy (non-hydrogen) atoms. The Morgan fingerprint density at radius 1 is 1.36 bits per heavy atom. The fourth-order valence-electron chi connectivity index (χ4n) is 3.58. The zero-order valence-corrected chi connectivity index (χ0v) is 17.4. The first-order valence-electron chi connectivity index (χ1n) is 10.0. The van der Waals surface area contributed by atoms with E-state index in [1.54, 1.807) is 11.8 Å². The van der Waals surface area contributed by atoms with Crippen molar-refractivity contribution >= 4 is 5.91 Å². The van der Waals surface area contributed by atoms with Crippen molar-refractivity contribution in [3.05, 3.63) is 40.7 Å². The van der Waals surface area contributed by atoms with Crippen molar-refractivity contribution < 1.29 is 9.53 Å². The van der Waals surface area contributed by atoms with Crippen LogP contribution in [0.25, 0.3) is 5.69 Å². The molecule has 1 aromatic carbocycles. The van der Waals surface area contributed by atoms with Crippen LogP contribution < -0.4 is 5.32 Å². The molecule has 152 valence electrons. The smallest absolute Gasteiger partial charge is 0.273 e. The number of hydrogen-bond donors (Lipinski definition) is 1. The minimum Gasteiger partial charge on any atom is -0.383 e. The van der Waals surface area contributed by atoms with Crippen molar-refractivity contribution in [3.8, 4) is 5.69 Å². The molecule has 0 bridgehead atoms. The number of methoxy groups -OCH3 is 1. The SMILES string of the molecule is COCCN1CCc2c(cccc2-n2nnc(C(=O)NCCC(C)C)c2C)C1. The van der Waals surface area contributed by atoms with Gasteiger partial charge in [0, 0.05) is 33.3 Å². The van der Waals surface area contributed by atoms with Crippen LogP contribution >= 0.6 is 0 Å². The van der Waals surface area contributed by atoms with Gasteiger partial charge in [-0.25, -0.2) is 4.68 Å². The third kappa shape index (κ3) is 4.59. The number of rotatable bonds is 8. The van der Waals surface area contributed by atoms with E-state index in [1.807, 2.05) is 6.92 Å². The molecule has 7 nitrogen and oxygen atoms in total. The molecule has 3 rings (SSSR count). The molecule has 1 aliphatic rings. The van der Waals surface area contributed by atoms with Crippen LogP contribution in [0, 0.1) is 12.8 Å². The van der Waals surface area contributed by atoms with Crippen LogP contribution in [0.15, 0.2) is 18.2 Å². The number of fused-ring (bicyclic) bond motifs is 1. The number of nitrogens with one attached hydrogen (secondary N) is 1. The second-order valence-electron chi connectivity index (χ2n) is 7.81. The molecule has 1 amide bonds. The summed E-state index contributed by atoms with van der Waals surface area (Å²) in [6.45, 7) is 10.4. The lowest BCUT2D eigenvalue weighted by Gasteiger charge is -2.29. The fraction of sp³-hybridized carbons (Fsp3) is 0.571. The monoisotopic (exact) mass is 385 g/mol. The molecule has 0 fully saturated rings. The fourth-order valence-corrected chi connectivity index (χ4v) is 3.58. The highest BCUT2D eigenvalue weighted by molar-refractivity contribution is 5.93. The number of aromatic nitrogens is 3. The molecule has 0 unspecified atom stereocenters. The standard InChI is InChI=1S/C21H31N5O2/c1-15(2)8-10-22-21(27)20-16(3)26(24-23-20)19-7-5-6-17-14-25(12-13-28-4)11-9-18(17)19/h5-7,15H,8-14H2,1-4H3,(H,22,27). The Kier molecular flexibility index (Phi) is 6.80. The largest absolute Gasteiger partial charge is 0.383 e. The lowest BCUT2D eigenvalue weighted by molar-refractivity contribution is 0.0946. The summed E-state index contributed by atoms with van der Waals surface area (Å²) >= 11 is 0. The van der Waals surface area contributed by atoms with Crippen LogP contribution in [0.4, 0.5) is 0 Å². The Labute approximate surface area is 167 Å². The maximum absolute atomic E-state index is 12.5. The number of benzene rings is 1. The number of hydrogen-bond acceptors (Lipinski definition) is 5. The molecule has 1 aromatic heterocycles. The summed E-state index contributed by atoms with van der Waals surface area (Å²) in [4.78, 5) is 14.9. The van der Waals surface area contributed by atoms with Crippen LogP contribution in [0.3, 0.4) is 0 Å². The average molecular weight is 386 g/mol. The van der Waals surface area contributed by atoms with Gasteiger partial charge in [0.2, 0.25) is 0 Å². The summed E-state index contributed by atoms with van der Waals surface area (Å²) in [5.41, 5.74) is 4.79. The van der Waals surface area contributed by atoms with E-state index < -0.39 is 0 Å². The highest BCUT2D eigenvalue weighted by Crippen LogP contribution is 2.26. The highest BCUT2D eigenvalue weighted by atomic mass is 16.5. The first-order chi connectivity index (χ1) is 13.5. The van der Waals surface area contributed by atoms with E-state index in [1.165, 1.54) is 11.1 Å². The Hall–Kier alpha value is -2.25. The van der Waals surface area contributed by atoms with E-state index >= 15 is 0 Å². The van der Waals surface area contributed by atoms with Crippen molar-refractivity contribution in [3.63, 3.8) is 0 Å². The lowest BCUT2D eigenvalue weighted by Crippen LogP contribution is -2.33. The molecule has 0 aliphatic carbocycles. The van der Waals surface area contributed by atoms with E-state index in [2.05, 4.69) is 52.6 Å². The summed E-state index contributed by atoms with van der Waals surface area (Å²) in [5, 5.41) is 11.4. The van der Waals surface area contributed by atoms with Gasteiger partial charge < -0.3 is 10.1 Å². The predicted octanol–water partition coefficient (Wildman–Crippen LogP) is 2.36. The van der Waals surface area contributed by atoms with Gasteiger partial charge in [0.15, 0.2) is 5.69 Å². The molecule has 7 heteroatoms. The molecule has 1 N–H and O–H groups in total. The summed E-state index contributed by atoms with van der Waals surface area (Å²) in [6.07, 6.45) is 1.90. The maximum Gasteiger partial charge on any atom is 0.273 e. The number of amides is 1. The Bertz CT molecular complexity index is 815. The Balaban J connectivity index is 1.78.